The number of aryl methyl sites for hydroxylation is 2. The lowest BCUT2D eigenvalue weighted by molar-refractivity contribution is -0.384. The highest BCUT2D eigenvalue weighted by Gasteiger charge is 2.22. The zero-order chi connectivity index (χ0) is 19.0. The van der Waals surface area contributed by atoms with Crippen molar-refractivity contribution in [2.45, 2.75) is 13.8 Å². The molecule has 0 saturated heterocycles. The van der Waals surface area contributed by atoms with Gasteiger partial charge in [0.05, 0.1) is 4.92 Å². The fraction of sp³-hybridized carbons (Fsp3) is 0.100. The molecule has 3 N–H and O–H groups in total. The Balaban J connectivity index is 2.37. The van der Waals surface area contributed by atoms with Crippen LogP contribution in [0.4, 0.5) is 5.69 Å². The van der Waals surface area contributed by atoms with Crippen molar-refractivity contribution in [3.05, 3.63) is 69.8 Å². The maximum atomic E-state index is 11.4. The molecule has 0 unspecified atom stereocenters. The number of non-ortho nitro benzene ring substituents is 1. The highest BCUT2D eigenvalue weighted by Crippen LogP contribution is 2.46. The van der Waals surface area contributed by atoms with Gasteiger partial charge in [0.15, 0.2) is 0 Å². The van der Waals surface area contributed by atoms with Gasteiger partial charge in [-0.1, -0.05) is 23.3 Å². The Morgan fingerprint density at radius 3 is 1.54 bits per heavy atom. The van der Waals surface area contributed by atoms with Gasteiger partial charge in [-0.2, -0.15) is 0 Å². The Morgan fingerprint density at radius 1 is 0.731 bits per heavy atom. The Labute approximate surface area is 149 Å². The predicted octanol–water partition coefficient (Wildman–Crippen LogP) is 4.66. The Bertz CT molecular complexity index is 954. The van der Waals surface area contributed by atoms with Gasteiger partial charge in [0.1, 0.15) is 17.2 Å². The van der Waals surface area contributed by atoms with E-state index in [4.69, 9.17) is 0 Å². The molecule has 0 spiro atoms. The van der Waals surface area contributed by atoms with Gasteiger partial charge in [0.25, 0.3) is 5.69 Å². The van der Waals surface area contributed by atoms with Gasteiger partial charge in [-0.15, -0.1) is 0 Å². The van der Waals surface area contributed by atoms with Gasteiger partial charge >= 0.3 is 0 Å². The van der Waals surface area contributed by atoms with Crippen LogP contribution in [0.5, 0.6) is 17.2 Å². The molecule has 0 saturated carbocycles. The molecule has 0 fully saturated rings. The van der Waals surface area contributed by atoms with E-state index in [1.54, 1.807) is 24.3 Å². The topological polar surface area (TPSA) is 104 Å². The van der Waals surface area contributed by atoms with E-state index in [0.717, 1.165) is 11.1 Å². The molecule has 0 atom stereocenters. The molecule has 3 aromatic rings. The normalized spacial score (nSPS) is 10.7. The Morgan fingerprint density at radius 2 is 1.15 bits per heavy atom. The van der Waals surface area contributed by atoms with Crippen LogP contribution in [0.15, 0.2) is 48.5 Å². The summed E-state index contributed by atoms with van der Waals surface area (Å²) < 4.78 is 0. The summed E-state index contributed by atoms with van der Waals surface area (Å²) in [6, 6.07) is 12.0. The second-order valence-corrected chi connectivity index (χ2v) is 6.19. The highest BCUT2D eigenvalue weighted by atomic mass is 16.6. The third kappa shape index (κ3) is 3.04. The molecular weight excluding hydrogens is 334 g/mol. The lowest BCUT2D eigenvalue weighted by Gasteiger charge is -2.14. The summed E-state index contributed by atoms with van der Waals surface area (Å²) in [5.41, 5.74) is 2.19. The van der Waals surface area contributed by atoms with Crippen molar-refractivity contribution < 1.29 is 20.2 Å². The van der Waals surface area contributed by atoms with E-state index >= 15 is 0 Å². The van der Waals surface area contributed by atoms with Crippen molar-refractivity contribution in [2.75, 3.05) is 0 Å². The van der Waals surface area contributed by atoms with Crippen LogP contribution in [0.1, 0.15) is 11.1 Å². The summed E-state index contributed by atoms with van der Waals surface area (Å²) in [6.45, 7) is 3.62. The SMILES string of the molecule is Cc1ccc(O)c(-c2cc([N+](=O)[O-])cc(-c3cc(C)ccc3O)c2O)c1. The van der Waals surface area contributed by atoms with Crippen molar-refractivity contribution in [3.8, 4) is 39.5 Å². The van der Waals surface area contributed by atoms with Crippen LogP contribution in [0.2, 0.25) is 0 Å². The first-order valence-electron chi connectivity index (χ1n) is 7.89. The van der Waals surface area contributed by atoms with E-state index in [1.165, 1.54) is 24.3 Å². The van der Waals surface area contributed by atoms with Crippen molar-refractivity contribution in [2.24, 2.45) is 0 Å². The predicted molar refractivity (Wildman–Crippen MR) is 98.4 cm³/mol. The van der Waals surface area contributed by atoms with Crippen molar-refractivity contribution in [1.82, 2.24) is 0 Å². The van der Waals surface area contributed by atoms with Gasteiger partial charge in [-0.3, -0.25) is 10.1 Å². The minimum absolute atomic E-state index is 0.106. The van der Waals surface area contributed by atoms with Crippen LogP contribution in [-0.4, -0.2) is 20.2 Å². The average Bonchev–Trinajstić information content (AvgIpc) is 2.59. The van der Waals surface area contributed by atoms with Gasteiger partial charge in [0.2, 0.25) is 0 Å². The second kappa shape index (κ2) is 6.40. The maximum Gasteiger partial charge on any atom is 0.270 e. The molecule has 0 heterocycles. The molecule has 6 nitrogen and oxygen atoms in total. The molecule has 26 heavy (non-hydrogen) atoms. The summed E-state index contributed by atoms with van der Waals surface area (Å²) in [4.78, 5) is 10.8. The second-order valence-electron chi connectivity index (χ2n) is 6.19. The molecule has 6 heteroatoms. The lowest BCUT2D eigenvalue weighted by atomic mass is 9.94. The van der Waals surface area contributed by atoms with E-state index in [0.29, 0.717) is 0 Å². The van der Waals surface area contributed by atoms with Crippen molar-refractivity contribution in [1.29, 1.82) is 0 Å². The van der Waals surface area contributed by atoms with Crippen LogP contribution in [0.3, 0.4) is 0 Å². The first-order chi connectivity index (χ1) is 12.3. The van der Waals surface area contributed by atoms with Crippen LogP contribution in [0.25, 0.3) is 22.3 Å². The largest absolute Gasteiger partial charge is 0.507 e. The lowest BCUT2D eigenvalue weighted by Crippen LogP contribution is -1.93. The van der Waals surface area contributed by atoms with E-state index in [1.807, 2.05) is 13.8 Å². The van der Waals surface area contributed by atoms with Gasteiger partial charge in [-0.25, -0.2) is 0 Å². The quantitative estimate of drug-likeness (QED) is 0.470. The van der Waals surface area contributed by atoms with Crippen molar-refractivity contribution >= 4 is 5.69 Å². The van der Waals surface area contributed by atoms with Crippen LogP contribution in [0, 0.1) is 24.0 Å². The molecular formula is C20H17NO5. The number of hydrogen-bond donors (Lipinski definition) is 3. The van der Waals surface area contributed by atoms with E-state index in [2.05, 4.69) is 0 Å². The summed E-state index contributed by atoms with van der Waals surface area (Å²) in [7, 11) is 0. The van der Waals surface area contributed by atoms with Crippen LogP contribution >= 0.6 is 0 Å². The smallest absolute Gasteiger partial charge is 0.270 e. The van der Waals surface area contributed by atoms with E-state index < -0.39 is 4.92 Å². The molecule has 0 radical (unpaired) electrons. The number of aromatic hydroxyl groups is 3. The number of nitro groups is 1. The van der Waals surface area contributed by atoms with Gasteiger partial charge in [0, 0.05) is 34.4 Å². The molecule has 0 aliphatic carbocycles. The maximum absolute atomic E-state index is 11.4. The number of benzene rings is 3. The molecule has 3 rings (SSSR count). The Kier molecular flexibility index (Phi) is 4.26. The van der Waals surface area contributed by atoms with Crippen LogP contribution in [-0.2, 0) is 0 Å². The molecule has 0 aliphatic heterocycles. The summed E-state index contributed by atoms with van der Waals surface area (Å²) >= 11 is 0. The number of hydrogen-bond acceptors (Lipinski definition) is 5. The summed E-state index contributed by atoms with van der Waals surface area (Å²) in [5, 5.41) is 42.5. The number of nitro benzene ring substituents is 1. The van der Waals surface area contributed by atoms with E-state index in [9.17, 15) is 25.4 Å². The molecule has 0 aromatic heterocycles. The first-order valence-corrected chi connectivity index (χ1v) is 7.89. The molecule has 0 bridgehead atoms. The van der Waals surface area contributed by atoms with Crippen LogP contribution < -0.4 is 0 Å². The molecule has 0 amide bonds. The summed E-state index contributed by atoms with van der Waals surface area (Å²) in [6.07, 6.45) is 0. The zero-order valence-electron chi connectivity index (χ0n) is 14.2. The third-order valence-electron chi connectivity index (χ3n) is 4.19. The fourth-order valence-electron chi connectivity index (χ4n) is 2.87. The van der Waals surface area contributed by atoms with Crippen molar-refractivity contribution in [3.63, 3.8) is 0 Å². The summed E-state index contributed by atoms with van der Waals surface area (Å²) in [5.74, 6) is -0.464. The molecule has 132 valence electrons. The van der Waals surface area contributed by atoms with Gasteiger partial charge in [-0.05, 0) is 38.1 Å². The standard InChI is InChI=1S/C20H17NO5/c1-11-3-5-18(22)14(7-11)16-9-13(21(25)26)10-17(20(16)24)15-8-12(2)4-6-19(15)23/h3-10,22-24H,1-2H3. The number of phenolic OH excluding ortho intramolecular Hbond substituents is 3. The Hall–Kier alpha value is -3.54. The van der Waals surface area contributed by atoms with E-state index in [-0.39, 0.29) is 45.2 Å². The molecule has 0 aliphatic rings. The molecule has 3 aromatic carbocycles. The minimum Gasteiger partial charge on any atom is -0.507 e. The van der Waals surface area contributed by atoms with Gasteiger partial charge < -0.3 is 15.3 Å². The number of phenols is 3. The zero-order valence-corrected chi connectivity index (χ0v) is 14.2. The highest BCUT2D eigenvalue weighted by molar-refractivity contribution is 5.88. The number of rotatable bonds is 3. The third-order valence-corrected chi connectivity index (χ3v) is 4.19. The average molecular weight is 351 g/mol. The minimum atomic E-state index is -0.577. The number of nitrogens with zero attached hydrogens (tertiary/aromatic N) is 1. The monoisotopic (exact) mass is 351 g/mol. The first kappa shape index (κ1) is 17.3. The fourth-order valence-corrected chi connectivity index (χ4v) is 2.87.